The molecule has 1 aromatic heterocycles. The van der Waals surface area contributed by atoms with Crippen LogP contribution in [0.2, 0.25) is 5.02 Å². The molecule has 0 saturated heterocycles. The molecular weight excluding hydrogens is 398 g/mol. The zero-order chi connectivity index (χ0) is 21.0. The lowest BCUT2D eigenvalue weighted by Gasteiger charge is -2.36. The van der Waals surface area contributed by atoms with Gasteiger partial charge in [0.2, 0.25) is 0 Å². The molecule has 2 saturated carbocycles. The van der Waals surface area contributed by atoms with Crippen molar-refractivity contribution < 1.29 is 18.7 Å². The van der Waals surface area contributed by atoms with E-state index < -0.39 is 17.4 Å². The Morgan fingerprint density at radius 3 is 2.48 bits per heavy atom. The van der Waals surface area contributed by atoms with Crippen LogP contribution in [0.1, 0.15) is 67.8 Å². The first kappa shape index (κ1) is 20.5. The van der Waals surface area contributed by atoms with Crippen LogP contribution in [-0.2, 0) is 0 Å². The van der Waals surface area contributed by atoms with E-state index in [0.29, 0.717) is 22.0 Å². The molecule has 2 N–H and O–H groups in total. The van der Waals surface area contributed by atoms with Crippen LogP contribution >= 0.6 is 11.6 Å². The monoisotopic (exact) mass is 422 g/mol. The van der Waals surface area contributed by atoms with E-state index in [1.807, 2.05) is 13.8 Å². The average molecular weight is 423 g/mol. The highest BCUT2D eigenvalue weighted by Crippen LogP contribution is 2.57. The lowest BCUT2D eigenvalue weighted by atomic mass is 9.77. The van der Waals surface area contributed by atoms with Gasteiger partial charge in [-0.15, -0.1) is 0 Å². The van der Waals surface area contributed by atoms with Crippen LogP contribution in [0.25, 0.3) is 10.9 Å². The zero-order valence-electron chi connectivity index (χ0n) is 16.5. The van der Waals surface area contributed by atoms with E-state index in [-0.39, 0.29) is 29.3 Å². The van der Waals surface area contributed by atoms with Gasteiger partial charge in [-0.2, -0.15) is 0 Å². The van der Waals surface area contributed by atoms with Crippen molar-refractivity contribution in [3.05, 3.63) is 40.5 Å². The van der Waals surface area contributed by atoms with Gasteiger partial charge in [-0.3, -0.25) is 9.78 Å². The minimum Gasteiger partial charge on any atom is -0.390 e. The van der Waals surface area contributed by atoms with Crippen molar-refractivity contribution in [3.8, 4) is 0 Å². The molecule has 4 rings (SSSR count). The molecule has 2 aliphatic rings. The number of carbonyl (C=O) groups is 1. The second kappa shape index (κ2) is 7.17. The van der Waals surface area contributed by atoms with Crippen molar-refractivity contribution in [1.29, 1.82) is 0 Å². The lowest BCUT2D eigenvalue weighted by Crippen LogP contribution is -2.41. The maximum atomic E-state index is 13.4. The van der Waals surface area contributed by atoms with Gasteiger partial charge >= 0.3 is 0 Å². The number of fused-ring (bicyclic) bond motifs is 1. The molecule has 7 heteroatoms. The number of amides is 1. The third kappa shape index (κ3) is 4.24. The van der Waals surface area contributed by atoms with Crippen LogP contribution in [0.4, 0.5) is 8.78 Å². The predicted octanol–water partition coefficient (Wildman–Crippen LogP) is 5.07. The van der Waals surface area contributed by atoms with Crippen LogP contribution < -0.4 is 5.32 Å². The van der Waals surface area contributed by atoms with Gasteiger partial charge in [0.1, 0.15) is 0 Å². The molecule has 2 aliphatic carbocycles. The van der Waals surface area contributed by atoms with Crippen molar-refractivity contribution in [2.45, 2.75) is 69.4 Å². The summed E-state index contributed by atoms with van der Waals surface area (Å²) >= 11 is 6.22. The first-order chi connectivity index (χ1) is 13.5. The number of halogens is 3. The number of nitrogens with one attached hydrogen (secondary N) is 1. The van der Waals surface area contributed by atoms with Crippen molar-refractivity contribution in [3.63, 3.8) is 0 Å². The number of benzene rings is 1. The molecule has 0 aliphatic heterocycles. The summed E-state index contributed by atoms with van der Waals surface area (Å²) in [5.74, 6) is -3.50. The molecule has 2 aromatic rings. The topological polar surface area (TPSA) is 62.2 Å². The molecular formula is C22H25ClF2N2O2. The Kier molecular flexibility index (Phi) is 5.06. The third-order valence-electron chi connectivity index (χ3n) is 6.32. The summed E-state index contributed by atoms with van der Waals surface area (Å²) in [5, 5.41) is 14.1. The molecule has 0 radical (unpaired) electrons. The number of carbonyl (C=O) groups excluding carboxylic acids is 1. The minimum absolute atomic E-state index is 0.0693. The van der Waals surface area contributed by atoms with E-state index in [1.54, 1.807) is 18.2 Å². The molecule has 4 nitrogen and oxygen atoms in total. The van der Waals surface area contributed by atoms with E-state index in [4.69, 9.17) is 11.6 Å². The number of aliphatic hydroxyl groups is 1. The molecule has 1 amide bonds. The maximum Gasteiger partial charge on any atom is 0.255 e. The molecule has 0 bridgehead atoms. The van der Waals surface area contributed by atoms with Gasteiger partial charge in [-0.1, -0.05) is 11.6 Å². The summed E-state index contributed by atoms with van der Waals surface area (Å²) < 4.78 is 26.8. The van der Waals surface area contributed by atoms with Crippen LogP contribution in [0, 0.1) is 5.92 Å². The summed E-state index contributed by atoms with van der Waals surface area (Å²) in [4.78, 5) is 17.0. The fraction of sp³-hybridized carbons (Fsp3) is 0.545. The van der Waals surface area contributed by atoms with Crippen molar-refractivity contribution in [2.24, 2.45) is 5.92 Å². The highest BCUT2D eigenvalue weighted by molar-refractivity contribution is 6.32. The molecule has 29 heavy (non-hydrogen) atoms. The molecule has 1 aromatic carbocycles. The van der Waals surface area contributed by atoms with Gasteiger partial charge in [-0.25, -0.2) is 8.78 Å². The number of aromatic nitrogens is 1. The van der Waals surface area contributed by atoms with Gasteiger partial charge < -0.3 is 10.4 Å². The van der Waals surface area contributed by atoms with Gasteiger partial charge in [0.05, 0.1) is 22.6 Å². The van der Waals surface area contributed by atoms with Crippen LogP contribution in [-0.4, -0.2) is 33.6 Å². The average Bonchev–Trinajstić information content (AvgIpc) is 3.28. The summed E-state index contributed by atoms with van der Waals surface area (Å²) in [5.41, 5.74) is 0.689. The third-order valence-corrected chi connectivity index (χ3v) is 6.65. The summed E-state index contributed by atoms with van der Waals surface area (Å²) in [7, 11) is 0. The van der Waals surface area contributed by atoms with Crippen LogP contribution in [0.15, 0.2) is 24.4 Å². The highest BCUT2D eigenvalue weighted by Gasteiger charge is 2.58. The first-order valence-electron chi connectivity index (χ1n) is 10.0. The molecule has 156 valence electrons. The Balaban J connectivity index is 1.45. The summed E-state index contributed by atoms with van der Waals surface area (Å²) in [6, 6.07) is 4.97. The second-order valence-electron chi connectivity index (χ2n) is 8.98. The molecule has 1 heterocycles. The fourth-order valence-electron chi connectivity index (χ4n) is 4.32. The minimum atomic E-state index is -2.69. The molecule has 0 spiro atoms. The number of alkyl halides is 2. The molecule has 1 atom stereocenters. The van der Waals surface area contributed by atoms with E-state index in [2.05, 4.69) is 10.3 Å². The number of nitrogens with zero attached hydrogens (tertiary/aromatic N) is 1. The van der Waals surface area contributed by atoms with E-state index in [1.165, 1.54) is 6.20 Å². The largest absolute Gasteiger partial charge is 0.390 e. The lowest BCUT2D eigenvalue weighted by molar-refractivity contribution is -0.00257. The Morgan fingerprint density at radius 2 is 1.90 bits per heavy atom. The molecule has 0 unspecified atom stereocenters. The Morgan fingerprint density at radius 1 is 1.24 bits per heavy atom. The Hall–Kier alpha value is -1.79. The number of hydrogen-bond donors (Lipinski definition) is 2. The highest BCUT2D eigenvalue weighted by atomic mass is 35.5. The van der Waals surface area contributed by atoms with E-state index in [9.17, 15) is 18.7 Å². The number of pyridine rings is 1. The van der Waals surface area contributed by atoms with Crippen LogP contribution in [0.3, 0.4) is 0 Å². The molecule has 2 fully saturated rings. The zero-order valence-corrected chi connectivity index (χ0v) is 17.3. The van der Waals surface area contributed by atoms with Crippen LogP contribution in [0.5, 0.6) is 0 Å². The van der Waals surface area contributed by atoms with Gasteiger partial charge in [0, 0.05) is 29.1 Å². The predicted molar refractivity (Wildman–Crippen MR) is 109 cm³/mol. The van der Waals surface area contributed by atoms with E-state index in [0.717, 1.165) is 25.7 Å². The van der Waals surface area contributed by atoms with Gasteiger partial charge in [0.15, 0.2) is 0 Å². The standard InChI is InChI=1S/C22H25ClF2N2O2/c1-21(2,29)14-3-5-15(6-4-14)27-20(28)13-7-12-8-18(23)16(9-19(12)26-11-13)17-10-22(17,24)25/h7-9,11,14-15,17,29H,3-6,10H2,1-2H3,(H,27,28)/t14?,15?,17-/m1/s1. The summed E-state index contributed by atoms with van der Waals surface area (Å²) in [6.07, 6.45) is 4.68. The Labute approximate surface area is 173 Å². The fourth-order valence-corrected chi connectivity index (χ4v) is 4.62. The van der Waals surface area contributed by atoms with Crippen molar-refractivity contribution in [1.82, 2.24) is 10.3 Å². The first-order valence-corrected chi connectivity index (χ1v) is 10.4. The smallest absolute Gasteiger partial charge is 0.255 e. The van der Waals surface area contributed by atoms with Crippen molar-refractivity contribution in [2.75, 3.05) is 0 Å². The SMILES string of the molecule is CC(C)(O)C1CCC(NC(=O)c2cnc3cc([C@H]4CC4(F)F)c(Cl)cc3c2)CC1. The normalized spacial score (nSPS) is 26.3. The second-order valence-corrected chi connectivity index (χ2v) is 9.39. The van der Waals surface area contributed by atoms with E-state index >= 15 is 0 Å². The maximum absolute atomic E-state index is 13.4. The summed E-state index contributed by atoms with van der Waals surface area (Å²) in [6.45, 7) is 3.66. The Bertz CT molecular complexity index is 950. The van der Waals surface area contributed by atoms with Crippen molar-refractivity contribution >= 4 is 28.4 Å². The number of rotatable bonds is 4. The van der Waals surface area contributed by atoms with Gasteiger partial charge in [0.25, 0.3) is 11.8 Å². The van der Waals surface area contributed by atoms with Gasteiger partial charge in [-0.05, 0) is 69.2 Å². The quantitative estimate of drug-likeness (QED) is 0.723. The number of hydrogen-bond acceptors (Lipinski definition) is 3.